The van der Waals surface area contributed by atoms with Gasteiger partial charge in [0.05, 0.1) is 5.75 Å². The van der Waals surface area contributed by atoms with E-state index in [1.54, 1.807) is 4.52 Å². The standard InChI is InChI=1S/C18H17N7OS2/c1-11-8-12(2)25-17(20-11)21-18(24-25)27-10-14-22-23-16(28-14)15(26)19-9-13-6-4-3-5-7-13/h3-8H,9-10H2,1-2H3,(H,19,26). The first kappa shape index (κ1) is 18.5. The van der Waals surface area contributed by atoms with Crippen LogP contribution in [0.4, 0.5) is 0 Å². The van der Waals surface area contributed by atoms with Gasteiger partial charge in [0.1, 0.15) is 5.01 Å². The largest absolute Gasteiger partial charge is 0.346 e. The van der Waals surface area contributed by atoms with E-state index >= 15 is 0 Å². The minimum Gasteiger partial charge on any atom is -0.346 e. The first-order valence-corrected chi connectivity index (χ1v) is 10.4. The highest BCUT2D eigenvalue weighted by Crippen LogP contribution is 2.22. The predicted octanol–water partition coefficient (Wildman–Crippen LogP) is 2.81. The molecule has 0 saturated heterocycles. The summed E-state index contributed by atoms with van der Waals surface area (Å²) in [7, 11) is 0. The number of nitrogens with one attached hydrogen (secondary N) is 1. The number of aryl methyl sites for hydroxylation is 2. The monoisotopic (exact) mass is 411 g/mol. The molecule has 0 fully saturated rings. The number of hydrogen-bond acceptors (Lipinski definition) is 8. The Bertz CT molecular complexity index is 1120. The summed E-state index contributed by atoms with van der Waals surface area (Å²) in [6.45, 7) is 4.36. The van der Waals surface area contributed by atoms with Crippen LogP contribution in [-0.4, -0.2) is 35.7 Å². The number of rotatable bonds is 6. The number of carbonyl (C=O) groups excluding carboxylic acids is 1. The van der Waals surface area contributed by atoms with Crippen LogP contribution in [0, 0.1) is 13.8 Å². The summed E-state index contributed by atoms with van der Waals surface area (Å²) in [4.78, 5) is 21.1. The molecule has 0 bridgehead atoms. The molecule has 0 saturated carbocycles. The maximum absolute atomic E-state index is 12.2. The number of fused-ring (bicyclic) bond motifs is 1. The second-order valence-electron chi connectivity index (χ2n) is 6.10. The van der Waals surface area contributed by atoms with E-state index in [0.29, 0.717) is 28.2 Å². The van der Waals surface area contributed by atoms with Crippen molar-refractivity contribution >= 4 is 34.8 Å². The van der Waals surface area contributed by atoms with E-state index in [2.05, 4.69) is 30.6 Å². The molecule has 3 aromatic heterocycles. The van der Waals surface area contributed by atoms with Crippen LogP contribution in [0.15, 0.2) is 41.6 Å². The number of aromatic nitrogens is 6. The van der Waals surface area contributed by atoms with Crippen LogP contribution in [0.5, 0.6) is 0 Å². The van der Waals surface area contributed by atoms with E-state index in [0.717, 1.165) is 22.0 Å². The number of hydrogen-bond donors (Lipinski definition) is 1. The first-order valence-electron chi connectivity index (χ1n) is 8.57. The molecule has 8 nitrogen and oxygen atoms in total. The number of amides is 1. The van der Waals surface area contributed by atoms with Crippen molar-refractivity contribution in [1.29, 1.82) is 0 Å². The lowest BCUT2D eigenvalue weighted by Gasteiger charge is -2.01. The van der Waals surface area contributed by atoms with Crippen molar-refractivity contribution in [3.63, 3.8) is 0 Å². The molecule has 10 heteroatoms. The zero-order valence-corrected chi connectivity index (χ0v) is 16.9. The fourth-order valence-corrected chi connectivity index (χ4v) is 4.15. The van der Waals surface area contributed by atoms with E-state index in [4.69, 9.17) is 0 Å². The van der Waals surface area contributed by atoms with Gasteiger partial charge in [-0.15, -0.1) is 15.3 Å². The van der Waals surface area contributed by atoms with Crippen LogP contribution in [0.25, 0.3) is 5.78 Å². The highest BCUT2D eigenvalue weighted by atomic mass is 32.2. The SMILES string of the molecule is Cc1cc(C)n2nc(SCc3nnc(C(=O)NCc4ccccc4)s3)nc2n1. The molecule has 4 aromatic rings. The minimum absolute atomic E-state index is 0.223. The van der Waals surface area contributed by atoms with Crippen molar-refractivity contribution in [1.82, 2.24) is 35.1 Å². The molecule has 0 radical (unpaired) electrons. The third kappa shape index (κ3) is 4.18. The molecule has 1 N–H and O–H groups in total. The lowest BCUT2D eigenvalue weighted by atomic mass is 10.2. The van der Waals surface area contributed by atoms with E-state index < -0.39 is 0 Å². The van der Waals surface area contributed by atoms with Crippen LogP contribution >= 0.6 is 23.1 Å². The Morgan fingerprint density at radius 1 is 1.18 bits per heavy atom. The highest BCUT2D eigenvalue weighted by Gasteiger charge is 2.14. The Morgan fingerprint density at radius 2 is 2.00 bits per heavy atom. The molecule has 0 spiro atoms. The molecule has 142 valence electrons. The Hall–Kier alpha value is -2.85. The molecule has 0 unspecified atom stereocenters. The summed E-state index contributed by atoms with van der Waals surface area (Å²) in [6.07, 6.45) is 0. The van der Waals surface area contributed by atoms with E-state index in [-0.39, 0.29) is 5.91 Å². The maximum Gasteiger partial charge on any atom is 0.282 e. The van der Waals surface area contributed by atoms with Gasteiger partial charge in [0.2, 0.25) is 10.2 Å². The summed E-state index contributed by atoms with van der Waals surface area (Å²) in [6, 6.07) is 11.7. The topological polar surface area (TPSA) is 98.0 Å². The number of benzene rings is 1. The molecule has 1 aromatic carbocycles. The zero-order valence-electron chi connectivity index (χ0n) is 15.3. The molecule has 4 rings (SSSR count). The Labute approximate surface area is 169 Å². The van der Waals surface area contributed by atoms with Crippen LogP contribution in [0.3, 0.4) is 0 Å². The Kier molecular flexibility index (Phi) is 5.31. The molecular weight excluding hydrogens is 394 g/mol. The minimum atomic E-state index is -0.223. The average Bonchev–Trinajstić information content (AvgIpc) is 3.32. The van der Waals surface area contributed by atoms with Gasteiger partial charge in [-0.1, -0.05) is 53.4 Å². The molecule has 0 aliphatic heterocycles. The summed E-state index contributed by atoms with van der Waals surface area (Å²) in [5.74, 6) is 0.899. The van der Waals surface area contributed by atoms with E-state index in [1.807, 2.05) is 50.2 Å². The van der Waals surface area contributed by atoms with E-state index in [1.165, 1.54) is 23.1 Å². The van der Waals surface area contributed by atoms with Crippen LogP contribution in [-0.2, 0) is 12.3 Å². The van der Waals surface area contributed by atoms with Gasteiger partial charge >= 0.3 is 0 Å². The fraction of sp³-hybridized carbons (Fsp3) is 0.222. The average molecular weight is 412 g/mol. The molecular formula is C18H17N7OS2. The van der Waals surface area contributed by atoms with Gasteiger partial charge in [-0.2, -0.15) is 4.98 Å². The quantitative estimate of drug-likeness (QED) is 0.487. The molecule has 1 amide bonds. The van der Waals surface area contributed by atoms with Gasteiger partial charge in [0, 0.05) is 17.9 Å². The lowest BCUT2D eigenvalue weighted by Crippen LogP contribution is -2.22. The van der Waals surface area contributed by atoms with Crippen molar-refractivity contribution in [2.45, 2.75) is 31.3 Å². The number of nitrogens with zero attached hydrogens (tertiary/aromatic N) is 6. The smallest absolute Gasteiger partial charge is 0.282 e. The molecule has 3 heterocycles. The number of thioether (sulfide) groups is 1. The predicted molar refractivity (Wildman–Crippen MR) is 107 cm³/mol. The van der Waals surface area contributed by atoms with Crippen molar-refractivity contribution < 1.29 is 4.79 Å². The first-order chi connectivity index (χ1) is 13.6. The second kappa shape index (κ2) is 8.03. The van der Waals surface area contributed by atoms with Crippen molar-refractivity contribution in [3.8, 4) is 0 Å². The summed E-state index contributed by atoms with van der Waals surface area (Å²) in [5.41, 5.74) is 2.92. The van der Waals surface area contributed by atoms with Crippen molar-refractivity contribution in [2.24, 2.45) is 0 Å². The van der Waals surface area contributed by atoms with Crippen molar-refractivity contribution in [3.05, 3.63) is 63.4 Å². The van der Waals surface area contributed by atoms with Gasteiger partial charge in [-0.25, -0.2) is 9.50 Å². The summed E-state index contributed by atoms with van der Waals surface area (Å²) >= 11 is 2.72. The van der Waals surface area contributed by atoms with Crippen LogP contribution < -0.4 is 5.32 Å². The van der Waals surface area contributed by atoms with Crippen LogP contribution in [0.2, 0.25) is 0 Å². The van der Waals surface area contributed by atoms with Gasteiger partial charge in [0.25, 0.3) is 11.7 Å². The Morgan fingerprint density at radius 3 is 2.82 bits per heavy atom. The second-order valence-corrected chi connectivity index (χ2v) is 8.11. The van der Waals surface area contributed by atoms with Gasteiger partial charge < -0.3 is 5.32 Å². The van der Waals surface area contributed by atoms with Gasteiger partial charge in [-0.05, 0) is 25.5 Å². The fourth-order valence-electron chi connectivity index (χ4n) is 2.59. The zero-order chi connectivity index (χ0) is 19.5. The molecule has 0 atom stereocenters. The van der Waals surface area contributed by atoms with Crippen molar-refractivity contribution in [2.75, 3.05) is 0 Å². The normalized spacial score (nSPS) is 11.1. The number of carbonyl (C=O) groups is 1. The Balaban J connectivity index is 1.37. The molecule has 0 aliphatic rings. The maximum atomic E-state index is 12.2. The van der Waals surface area contributed by atoms with Gasteiger partial charge in [0.15, 0.2) is 0 Å². The third-order valence-corrected chi connectivity index (χ3v) is 5.83. The van der Waals surface area contributed by atoms with Crippen LogP contribution in [0.1, 0.15) is 31.8 Å². The van der Waals surface area contributed by atoms with Gasteiger partial charge in [-0.3, -0.25) is 4.79 Å². The third-order valence-electron chi connectivity index (χ3n) is 3.88. The lowest BCUT2D eigenvalue weighted by molar-refractivity contribution is 0.0950. The summed E-state index contributed by atoms with van der Waals surface area (Å²) in [5, 5.41) is 17.1. The molecule has 0 aliphatic carbocycles. The van der Waals surface area contributed by atoms with E-state index in [9.17, 15) is 4.79 Å². The summed E-state index contributed by atoms with van der Waals surface area (Å²) < 4.78 is 1.72. The molecule has 28 heavy (non-hydrogen) atoms. The highest BCUT2D eigenvalue weighted by molar-refractivity contribution is 7.98.